The molecule has 0 saturated heterocycles. The molecule has 0 atom stereocenters. The van der Waals surface area contributed by atoms with Crippen molar-refractivity contribution in [2.75, 3.05) is 6.54 Å². The maximum atomic E-state index is 11.3. The number of nitrogens with zero attached hydrogens (tertiary/aromatic N) is 1. The Labute approximate surface area is 74.4 Å². The first-order valence-corrected chi connectivity index (χ1v) is 3.87. The van der Waals surface area contributed by atoms with Crippen LogP contribution in [0, 0.1) is 0 Å². The van der Waals surface area contributed by atoms with Crippen LogP contribution in [-0.2, 0) is 0 Å². The number of rotatable bonds is 2. The Hall–Kier alpha value is -1.68. The normalized spacial score (nSPS) is 10.5. The third-order valence-corrected chi connectivity index (χ3v) is 1.86. The quantitative estimate of drug-likeness (QED) is 0.692. The van der Waals surface area contributed by atoms with Gasteiger partial charge in [-0.1, -0.05) is 0 Å². The highest BCUT2D eigenvalue weighted by Gasteiger charge is 2.11. The van der Waals surface area contributed by atoms with Gasteiger partial charge in [-0.2, -0.15) is 0 Å². The van der Waals surface area contributed by atoms with E-state index in [9.17, 15) is 4.79 Å². The van der Waals surface area contributed by atoms with Crippen LogP contribution in [0.2, 0.25) is 0 Å². The van der Waals surface area contributed by atoms with E-state index in [1.807, 2.05) is 0 Å². The van der Waals surface area contributed by atoms with Gasteiger partial charge in [-0.25, -0.2) is 0 Å². The number of hydrogen-bond acceptors (Lipinski definition) is 4. The zero-order chi connectivity index (χ0) is 9.26. The van der Waals surface area contributed by atoms with Gasteiger partial charge in [-0.3, -0.25) is 9.78 Å². The van der Waals surface area contributed by atoms with Crippen molar-refractivity contribution in [3.63, 3.8) is 0 Å². The molecule has 0 saturated carbocycles. The lowest BCUT2D eigenvalue weighted by Gasteiger charge is -1.91. The van der Waals surface area contributed by atoms with Gasteiger partial charge in [-0.05, 0) is 6.07 Å². The molecule has 0 fully saturated rings. The van der Waals surface area contributed by atoms with Crippen LogP contribution in [0.4, 0.5) is 0 Å². The number of aromatic nitrogens is 1. The Morgan fingerprint density at radius 3 is 3.23 bits per heavy atom. The molecular weight excluding hydrogens is 168 g/mol. The second-order valence-corrected chi connectivity index (χ2v) is 2.65. The maximum absolute atomic E-state index is 11.3. The first-order chi connectivity index (χ1) is 6.33. The Kier molecular flexibility index (Phi) is 1.83. The standard InChI is InChI=1S/C9H8N2O2/c10-3-8(12)7-5-13-9-4-11-2-1-6(7)9/h1-2,4-5H,3,10H2. The van der Waals surface area contributed by atoms with Crippen molar-refractivity contribution in [3.8, 4) is 0 Å². The minimum atomic E-state index is -0.120. The van der Waals surface area contributed by atoms with Crippen LogP contribution in [0.1, 0.15) is 10.4 Å². The molecule has 0 aliphatic rings. The lowest BCUT2D eigenvalue weighted by Crippen LogP contribution is -2.12. The largest absolute Gasteiger partial charge is 0.462 e. The average molecular weight is 176 g/mol. The summed E-state index contributed by atoms with van der Waals surface area (Å²) in [6.45, 7) is -0.00302. The van der Waals surface area contributed by atoms with Crippen LogP contribution in [0.25, 0.3) is 11.0 Å². The van der Waals surface area contributed by atoms with Crippen molar-refractivity contribution in [1.82, 2.24) is 4.98 Å². The van der Waals surface area contributed by atoms with E-state index in [4.69, 9.17) is 10.2 Å². The Morgan fingerprint density at radius 1 is 1.62 bits per heavy atom. The predicted molar refractivity (Wildman–Crippen MR) is 47.4 cm³/mol. The zero-order valence-corrected chi connectivity index (χ0v) is 6.86. The molecule has 2 aromatic rings. The van der Waals surface area contributed by atoms with E-state index in [0.29, 0.717) is 11.1 Å². The number of Topliss-reactive ketones (excluding diaryl/α,β-unsaturated/α-hetero) is 1. The van der Waals surface area contributed by atoms with Gasteiger partial charge in [0.2, 0.25) is 0 Å². The fourth-order valence-corrected chi connectivity index (χ4v) is 1.21. The Balaban J connectivity index is 2.64. The van der Waals surface area contributed by atoms with Crippen LogP contribution in [0.5, 0.6) is 0 Å². The summed E-state index contributed by atoms with van der Waals surface area (Å²) >= 11 is 0. The van der Waals surface area contributed by atoms with Gasteiger partial charge >= 0.3 is 0 Å². The van der Waals surface area contributed by atoms with Crippen LogP contribution in [0.15, 0.2) is 29.1 Å². The minimum Gasteiger partial charge on any atom is -0.462 e. The molecule has 0 spiro atoms. The van der Waals surface area contributed by atoms with E-state index < -0.39 is 0 Å². The van der Waals surface area contributed by atoms with Gasteiger partial charge in [0.25, 0.3) is 0 Å². The first-order valence-electron chi connectivity index (χ1n) is 3.87. The summed E-state index contributed by atoms with van der Waals surface area (Å²) in [5.74, 6) is -0.120. The van der Waals surface area contributed by atoms with Gasteiger partial charge < -0.3 is 10.2 Å². The summed E-state index contributed by atoms with van der Waals surface area (Å²) in [5, 5.41) is 0.769. The van der Waals surface area contributed by atoms with Crippen molar-refractivity contribution in [1.29, 1.82) is 0 Å². The molecular formula is C9H8N2O2. The van der Waals surface area contributed by atoms with Crippen molar-refractivity contribution in [3.05, 3.63) is 30.3 Å². The second kappa shape index (κ2) is 2.99. The van der Waals surface area contributed by atoms with Crippen molar-refractivity contribution in [2.45, 2.75) is 0 Å². The molecule has 2 heterocycles. The molecule has 2 rings (SSSR count). The molecule has 0 radical (unpaired) electrons. The van der Waals surface area contributed by atoms with Crippen LogP contribution < -0.4 is 5.73 Å². The summed E-state index contributed by atoms with van der Waals surface area (Å²) < 4.78 is 5.13. The molecule has 0 aromatic carbocycles. The van der Waals surface area contributed by atoms with Crippen LogP contribution >= 0.6 is 0 Å². The monoisotopic (exact) mass is 176 g/mol. The average Bonchev–Trinajstić information content (AvgIpc) is 2.60. The van der Waals surface area contributed by atoms with Crippen LogP contribution in [-0.4, -0.2) is 17.3 Å². The third kappa shape index (κ3) is 1.21. The lowest BCUT2D eigenvalue weighted by molar-refractivity contribution is 0.100. The molecule has 0 bridgehead atoms. The molecule has 4 nitrogen and oxygen atoms in total. The second-order valence-electron chi connectivity index (χ2n) is 2.65. The number of hydrogen-bond donors (Lipinski definition) is 1. The highest BCUT2D eigenvalue weighted by Crippen LogP contribution is 2.19. The minimum absolute atomic E-state index is 0.00302. The molecule has 66 valence electrons. The fourth-order valence-electron chi connectivity index (χ4n) is 1.21. The fraction of sp³-hybridized carbons (Fsp3) is 0.111. The van der Waals surface area contributed by atoms with Crippen molar-refractivity contribution in [2.24, 2.45) is 5.73 Å². The first kappa shape index (κ1) is 7.94. The smallest absolute Gasteiger partial charge is 0.180 e. The lowest BCUT2D eigenvalue weighted by atomic mass is 10.1. The number of carbonyl (C=O) groups is 1. The number of fused-ring (bicyclic) bond motifs is 1. The van der Waals surface area contributed by atoms with Gasteiger partial charge in [0.1, 0.15) is 6.26 Å². The maximum Gasteiger partial charge on any atom is 0.180 e. The number of pyridine rings is 1. The predicted octanol–water partition coefficient (Wildman–Crippen LogP) is 0.969. The topological polar surface area (TPSA) is 69.1 Å². The number of furan rings is 1. The Morgan fingerprint density at radius 2 is 2.46 bits per heavy atom. The molecule has 0 aliphatic carbocycles. The zero-order valence-electron chi connectivity index (χ0n) is 6.86. The van der Waals surface area contributed by atoms with Gasteiger partial charge in [0.05, 0.1) is 18.3 Å². The SMILES string of the molecule is NCC(=O)c1coc2cnccc12. The summed E-state index contributed by atoms with van der Waals surface area (Å²) in [6.07, 6.45) is 4.61. The summed E-state index contributed by atoms with van der Waals surface area (Å²) in [7, 11) is 0. The molecule has 0 unspecified atom stereocenters. The van der Waals surface area contributed by atoms with E-state index in [1.54, 1.807) is 18.5 Å². The molecule has 4 heteroatoms. The summed E-state index contributed by atoms with van der Waals surface area (Å²) in [6, 6.07) is 1.74. The van der Waals surface area contributed by atoms with Gasteiger partial charge in [0.15, 0.2) is 11.4 Å². The molecule has 2 N–H and O–H groups in total. The molecule has 13 heavy (non-hydrogen) atoms. The van der Waals surface area contributed by atoms with Crippen molar-refractivity contribution >= 4 is 16.8 Å². The van der Waals surface area contributed by atoms with Gasteiger partial charge in [0, 0.05) is 11.6 Å². The third-order valence-electron chi connectivity index (χ3n) is 1.86. The summed E-state index contributed by atoms with van der Waals surface area (Å²) in [4.78, 5) is 15.2. The van der Waals surface area contributed by atoms with E-state index >= 15 is 0 Å². The van der Waals surface area contributed by atoms with Crippen molar-refractivity contribution < 1.29 is 9.21 Å². The Bertz CT molecular complexity index is 448. The molecule has 2 aromatic heterocycles. The van der Waals surface area contributed by atoms with E-state index in [1.165, 1.54) is 6.26 Å². The van der Waals surface area contributed by atoms with E-state index in [2.05, 4.69) is 4.98 Å². The van der Waals surface area contributed by atoms with Crippen LogP contribution in [0.3, 0.4) is 0 Å². The highest BCUT2D eigenvalue weighted by molar-refractivity contribution is 6.07. The highest BCUT2D eigenvalue weighted by atomic mass is 16.3. The number of carbonyl (C=O) groups excluding carboxylic acids is 1. The van der Waals surface area contributed by atoms with Gasteiger partial charge in [-0.15, -0.1) is 0 Å². The van der Waals surface area contributed by atoms with E-state index in [0.717, 1.165) is 5.39 Å². The number of nitrogens with two attached hydrogens (primary N) is 1. The molecule has 0 amide bonds. The van der Waals surface area contributed by atoms with E-state index in [-0.39, 0.29) is 12.3 Å². The molecule has 0 aliphatic heterocycles. The summed E-state index contributed by atoms with van der Waals surface area (Å²) in [5.41, 5.74) is 6.39. The number of ketones is 1.